The van der Waals surface area contributed by atoms with Crippen LogP contribution in [0.2, 0.25) is 0 Å². The minimum atomic E-state index is -0.362. The monoisotopic (exact) mass is 698 g/mol. The molecular formula is C45H50N2O5. The van der Waals surface area contributed by atoms with Gasteiger partial charge in [-0.05, 0) is 68.1 Å². The van der Waals surface area contributed by atoms with Crippen LogP contribution < -0.4 is 15.6 Å². The van der Waals surface area contributed by atoms with Crippen molar-refractivity contribution in [2.45, 2.75) is 91.9 Å². The Hall–Kier alpha value is -5.17. The molecule has 1 aromatic heterocycles. The summed E-state index contributed by atoms with van der Waals surface area (Å²) in [7, 11) is 1.71. The summed E-state index contributed by atoms with van der Waals surface area (Å²) in [6.45, 7) is 8.51. The predicted octanol–water partition coefficient (Wildman–Crippen LogP) is 11.3. The maximum Gasteiger partial charge on any atom is 0.338 e. The van der Waals surface area contributed by atoms with Gasteiger partial charge in [0.2, 0.25) is 0 Å². The van der Waals surface area contributed by atoms with Crippen molar-refractivity contribution in [3.63, 3.8) is 0 Å². The summed E-state index contributed by atoms with van der Waals surface area (Å²) in [4.78, 5) is 40.9. The molecule has 6 rings (SSSR count). The van der Waals surface area contributed by atoms with E-state index >= 15 is 0 Å². The number of pyridine rings is 1. The molecule has 0 atom stereocenters. The molecule has 0 unspecified atom stereocenters. The number of carbonyl (C=O) groups excluding carboxylic acids is 2. The third kappa shape index (κ3) is 7.55. The Kier molecular flexibility index (Phi) is 11.6. The first kappa shape index (κ1) is 36.6. The summed E-state index contributed by atoms with van der Waals surface area (Å²) in [5.41, 5.74) is 7.44. The van der Waals surface area contributed by atoms with Gasteiger partial charge in [-0.1, -0.05) is 107 Å². The van der Waals surface area contributed by atoms with Gasteiger partial charge in [0.1, 0.15) is 5.75 Å². The lowest BCUT2D eigenvalue weighted by atomic mass is 9.81. The van der Waals surface area contributed by atoms with E-state index in [-0.39, 0.29) is 17.3 Å². The predicted molar refractivity (Wildman–Crippen MR) is 211 cm³/mol. The molecule has 7 nitrogen and oxygen atoms in total. The molecule has 0 saturated carbocycles. The molecule has 0 amide bonds. The first-order valence-corrected chi connectivity index (χ1v) is 18.8. The second-order valence-electron chi connectivity index (χ2n) is 14.1. The van der Waals surface area contributed by atoms with E-state index in [2.05, 4.69) is 12.2 Å². The summed E-state index contributed by atoms with van der Waals surface area (Å²) >= 11 is 0. The number of para-hydroxylation sites is 1. The number of rotatable bonds is 16. The summed E-state index contributed by atoms with van der Waals surface area (Å²) in [6.07, 6.45) is 12.2. The molecule has 5 aromatic rings. The molecule has 52 heavy (non-hydrogen) atoms. The maximum atomic E-state index is 14.3. The van der Waals surface area contributed by atoms with Gasteiger partial charge in [0.25, 0.3) is 5.56 Å². The van der Waals surface area contributed by atoms with Gasteiger partial charge < -0.3 is 19.4 Å². The van der Waals surface area contributed by atoms with Crippen LogP contribution in [0, 0.1) is 20.8 Å². The first-order valence-electron chi connectivity index (χ1n) is 18.8. The van der Waals surface area contributed by atoms with Crippen LogP contribution in [0.15, 0.2) is 77.6 Å². The highest BCUT2D eigenvalue weighted by atomic mass is 16.5. The molecule has 4 aromatic carbocycles. The second kappa shape index (κ2) is 16.4. The number of nitrogens with zero attached hydrogens (tertiary/aromatic N) is 1. The van der Waals surface area contributed by atoms with Gasteiger partial charge in [0.15, 0.2) is 11.5 Å². The third-order valence-electron chi connectivity index (χ3n) is 10.3. The number of anilines is 2. The molecule has 1 aliphatic carbocycles. The highest BCUT2D eigenvalue weighted by Gasteiger charge is 2.33. The molecule has 1 N–H and O–H groups in total. The van der Waals surface area contributed by atoms with E-state index in [0.29, 0.717) is 57.0 Å². The number of esters is 1. The molecule has 0 radical (unpaired) electrons. The van der Waals surface area contributed by atoms with E-state index in [1.54, 1.807) is 35.9 Å². The molecule has 270 valence electrons. The van der Waals surface area contributed by atoms with Crippen molar-refractivity contribution in [3.8, 4) is 22.6 Å². The molecule has 0 saturated heterocycles. The van der Waals surface area contributed by atoms with Crippen molar-refractivity contribution in [3.05, 3.63) is 117 Å². The van der Waals surface area contributed by atoms with Gasteiger partial charge in [0.05, 0.1) is 28.9 Å². The number of carbonyl (C=O) groups is 2. The Morgan fingerprint density at radius 1 is 0.731 bits per heavy atom. The fourth-order valence-corrected chi connectivity index (χ4v) is 7.42. The zero-order valence-corrected chi connectivity index (χ0v) is 31.2. The number of hydrogen-bond donors (Lipinski definition) is 1. The largest absolute Gasteiger partial charge is 0.462 e. The first-order chi connectivity index (χ1) is 25.2. The standard InChI is InChI=1S/C45H50N2O5/c1-6-7-8-9-10-11-12-13-14-17-27-51-45(50)32-23-25-33(26-24-32)52-37-28-36(46-41-29(2)19-18-20-30(41)3)39-40-38(31(4)44(49)47(5)42(37)40)34-21-15-16-22-35(34)43(39)48/h15-16,18-26,28,46H,6-14,17,27H2,1-5H3. The number of unbranched alkanes of at least 4 members (excludes halogenated alkanes) is 9. The summed E-state index contributed by atoms with van der Waals surface area (Å²) in [5, 5.41) is 4.24. The fraction of sp³-hybridized carbons (Fsp3) is 0.356. The van der Waals surface area contributed by atoms with Crippen LogP contribution in [0.1, 0.15) is 114 Å². The van der Waals surface area contributed by atoms with Crippen molar-refractivity contribution in [2.75, 3.05) is 11.9 Å². The van der Waals surface area contributed by atoms with Crippen LogP contribution in [-0.2, 0) is 11.8 Å². The zero-order valence-electron chi connectivity index (χ0n) is 31.2. The van der Waals surface area contributed by atoms with E-state index in [1.165, 1.54) is 51.4 Å². The molecule has 1 heterocycles. The number of ketones is 1. The normalized spacial score (nSPS) is 11.8. The van der Waals surface area contributed by atoms with E-state index in [4.69, 9.17) is 9.47 Å². The number of fused-ring (bicyclic) bond motifs is 2. The van der Waals surface area contributed by atoms with Crippen molar-refractivity contribution < 1.29 is 19.1 Å². The Bertz CT molecular complexity index is 2140. The van der Waals surface area contributed by atoms with Crippen LogP contribution in [0.4, 0.5) is 11.4 Å². The maximum absolute atomic E-state index is 14.3. The van der Waals surface area contributed by atoms with Gasteiger partial charge >= 0.3 is 5.97 Å². The van der Waals surface area contributed by atoms with Crippen molar-refractivity contribution >= 4 is 34.0 Å². The number of nitrogens with one attached hydrogen (secondary N) is 1. The van der Waals surface area contributed by atoms with Crippen molar-refractivity contribution in [1.82, 2.24) is 4.57 Å². The van der Waals surface area contributed by atoms with E-state index in [9.17, 15) is 14.4 Å². The smallest absolute Gasteiger partial charge is 0.338 e. The Balaban J connectivity index is 1.26. The fourth-order valence-electron chi connectivity index (χ4n) is 7.42. The number of aryl methyl sites for hydroxylation is 3. The number of ether oxygens (including phenoxy) is 2. The highest BCUT2D eigenvalue weighted by Crippen LogP contribution is 2.47. The molecule has 0 fully saturated rings. The van der Waals surface area contributed by atoms with Gasteiger partial charge in [-0.2, -0.15) is 0 Å². The van der Waals surface area contributed by atoms with Crippen molar-refractivity contribution in [1.29, 1.82) is 0 Å². The number of aromatic nitrogens is 1. The number of benzene rings is 4. The minimum Gasteiger partial charge on any atom is -0.462 e. The topological polar surface area (TPSA) is 86.6 Å². The van der Waals surface area contributed by atoms with E-state index in [0.717, 1.165) is 40.8 Å². The highest BCUT2D eigenvalue weighted by molar-refractivity contribution is 6.29. The zero-order chi connectivity index (χ0) is 36.8. The second-order valence-corrected chi connectivity index (χ2v) is 14.1. The van der Waals surface area contributed by atoms with Gasteiger partial charge in [0, 0.05) is 40.9 Å². The lowest BCUT2D eigenvalue weighted by molar-refractivity contribution is 0.0497. The molecule has 7 heteroatoms. The number of hydrogen-bond acceptors (Lipinski definition) is 6. The lowest BCUT2D eigenvalue weighted by Crippen LogP contribution is -2.24. The summed E-state index contributed by atoms with van der Waals surface area (Å²) in [5.74, 6) is 0.416. The van der Waals surface area contributed by atoms with Crippen LogP contribution in [0.3, 0.4) is 0 Å². The average Bonchev–Trinajstić information content (AvgIpc) is 3.14. The SMILES string of the molecule is CCCCCCCCCCCCOC(=O)c1ccc(Oc2cc(Nc3c(C)cccc3C)c3c4c(c(C)c(=O)n(C)c24)-c2ccccc2C3=O)cc1. The summed E-state index contributed by atoms with van der Waals surface area (Å²) < 4.78 is 13.7. The molecule has 0 spiro atoms. The minimum absolute atomic E-state index is 0.118. The van der Waals surface area contributed by atoms with Crippen molar-refractivity contribution in [2.24, 2.45) is 7.05 Å². The molecular weight excluding hydrogens is 649 g/mol. The Morgan fingerprint density at radius 2 is 1.35 bits per heavy atom. The van der Waals surface area contributed by atoms with Crippen LogP contribution in [0.25, 0.3) is 22.0 Å². The van der Waals surface area contributed by atoms with E-state index < -0.39 is 0 Å². The molecule has 1 aliphatic rings. The lowest BCUT2D eigenvalue weighted by Gasteiger charge is -2.27. The summed E-state index contributed by atoms with van der Waals surface area (Å²) in [6, 6.07) is 22.2. The van der Waals surface area contributed by atoms with E-state index in [1.807, 2.05) is 69.3 Å². The van der Waals surface area contributed by atoms with Gasteiger partial charge in [-0.25, -0.2) is 4.79 Å². The van der Waals surface area contributed by atoms with Crippen LogP contribution in [0.5, 0.6) is 11.5 Å². The van der Waals surface area contributed by atoms with Crippen LogP contribution >= 0.6 is 0 Å². The van der Waals surface area contributed by atoms with Gasteiger partial charge in [-0.15, -0.1) is 0 Å². The Morgan fingerprint density at radius 3 is 2.00 bits per heavy atom. The average molecular weight is 699 g/mol. The molecule has 0 bridgehead atoms. The Labute approximate surface area is 307 Å². The van der Waals surface area contributed by atoms with Crippen LogP contribution in [-0.4, -0.2) is 22.9 Å². The third-order valence-corrected chi connectivity index (χ3v) is 10.3. The quantitative estimate of drug-likeness (QED) is 0.0800. The van der Waals surface area contributed by atoms with Gasteiger partial charge in [-0.3, -0.25) is 9.59 Å². The molecule has 0 aliphatic heterocycles.